The Morgan fingerprint density at radius 2 is 2.38 bits per heavy atom. The van der Waals surface area contributed by atoms with Gasteiger partial charge in [-0.15, -0.1) is 0 Å². The third-order valence-corrected chi connectivity index (χ3v) is 1.46. The molecule has 0 aliphatic heterocycles. The van der Waals surface area contributed by atoms with E-state index < -0.39 is 0 Å². The minimum Gasteiger partial charge on any atom is -0.0903 e. The van der Waals surface area contributed by atoms with Crippen molar-refractivity contribution in [3.05, 3.63) is 35.4 Å². The molecule has 0 aromatic rings. The van der Waals surface area contributed by atoms with Gasteiger partial charge < -0.3 is 0 Å². The summed E-state index contributed by atoms with van der Waals surface area (Å²) >= 11 is 5.68. The van der Waals surface area contributed by atoms with Gasteiger partial charge >= 0.3 is 0 Å². The van der Waals surface area contributed by atoms with Crippen LogP contribution in [0.4, 0.5) is 0 Å². The molecule has 0 saturated heterocycles. The quantitative estimate of drug-likeness (QED) is 0.468. The van der Waals surface area contributed by atoms with Crippen molar-refractivity contribution < 1.29 is 0 Å². The summed E-state index contributed by atoms with van der Waals surface area (Å²) in [5, 5.41) is 0.785. The van der Waals surface area contributed by atoms with E-state index in [0.29, 0.717) is 0 Å². The van der Waals surface area contributed by atoms with Crippen LogP contribution in [0.5, 0.6) is 0 Å². The van der Waals surface area contributed by atoms with Crippen LogP contribution < -0.4 is 0 Å². The van der Waals surface area contributed by atoms with Gasteiger partial charge in [-0.3, -0.25) is 0 Å². The molecule has 0 radical (unpaired) electrons. The summed E-state index contributed by atoms with van der Waals surface area (Å²) in [5.41, 5.74) is 0.915. The van der Waals surface area contributed by atoms with Crippen LogP contribution in [0.3, 0.4) is 0 Å². The van der Waals surface area contributed by atoms with E-state index in [0.717, 1.165) is 17.0 Å². The molecule has 0 fully saturated rings. The van der Waals surface area contributed by atoms with Crippen molar-refractivity contribution in [1.29, 1.82) is 0 Å². The highest BCUT2D eigenvalue weighted by molar-refractivity contribution is 6.32. The standard InChI is InChI=1S/C7H7Cl/c1-6-4-2-3-5-7(6)8/h2,4-5H,1,3H2. The largest absolute Gasteiger partial charge is 0.0903 e. The van der Waals surface area contributed by atoms with Gasteiger partial charge in [0.15, 0.2) is 0 Å². The van der Waals surface area contributed by atoms with Crippen molar-refractivity contribution in [2.75, 3.05) is 0 Å². The molecule has 0 heterocycles. The molecule has 42 valence electrons. The van der Waals surface area contributed by atoms with E-state index >= 15 is 0 Å². The Bertz CT molecular complexity index is 163. The molecule has 0 aromatic carbocycles. The fourth-order valence-electron chi connectivity index (χ4n) is 0.593. The van der Waals surface area contributed by atoms with Crippen molar-refractivity contribution >= 4 is 11.6 Å². The highest BCUT2D eigenvalue weighted by Gasteiger charge is 1.96. The van der Waals surface area contributed by atoms with E-state index in [9.17, 15) is 0 Å². The van der Waals surface area contributed by atoms with Gasteiger partial charge in [-0.1, -0.05) is 36.4 Å². The highest BCUT2D eigenvalue weighted by Crippen LogP contribution is 2.18. The zero-order valence-electron chi connectivity index (χ0n) is 4.52. The fourth-order valence-corrected chi connectivity index (χ4v) is 0.745. The summed E-state index contributed by atoms with van der Waals surface area (Å²) in [5.74, 6) is 0. The van der Waals surface area contributed by atoms with Crippen LogP contribution in [0.15, 0.2) is 35.4 Å². The number of rotatable bonds is 0. The van der Waals surface area contributed by atoms with Gasteiger partial charge in [-0.05, 0) is 12.0 Å². The number of allylic oxidation sites excluding steroid dienone is 5. The van der Waals surface area contributed by atoms with Crippen molar-refractivity contribution in [3.8, 4) is 0 Å². The Morgan fingerprint density at radius 3 is 2.75 bits per heavy atom. The first-order valence-electron chi connectivity index (χ1n) is 2.52. The molecule has 8 heavy (non-hydrogen) atoms. The van der Waals surface area contributed by atoms with Crippen molar-refractivity contribution in [2.24, 2.45) is 0 Å². The lowest BCUT2D eigenvalue weighted by Gasteiger charge is -2.00. The molecule has 0 nitrogen and oxygen atoms in total. The lowest BCUT2D eigenvalue weighted by molar-refractivity contribution is 1.33. The average Bonchev–Trinajstić information content (AvgIpc) is 1.77. The van der Waals surface area contributed by atoms with Gasteiger partial charge in [-0.2, -0.15) is 0 Å². The summed E-state index contributed by atoms with van der Waals surface area (Å²) in [4.78, 5) is 0. The van der Waals surface area contributed by atoms with Gasteiger partial charge in [0.1, 0.15) is 0 Å². The molecule has 0 aromatic heterocycles. The molecular weight excluding hydrogens is 120 g/mol. The van der Waals surface area contributed by atoms with Crippen LogP contribution >= 0.6 is 11.6 Å². The molecule has 0 amide bonds. The van der Waals surface area contributed by atoms with Gasteiger partial charge in [-0.25, -0.2) is 0 Å². The van der Waals surface area contributed by atoms with E-state index in [1.54, 1.807) is 0 Å². The summed E-state index contributed by atoms with van der Waals surface area (Å²) in [6.45, 7) is 3.71. The maximum absolute atomic E-state index is 5.68. The molecule has 1 rings (SSSR count). The molecule has 0 N–H and O–H groups in total. The van der Waals surface area contributed by atoms with Crippen molar-refractivity contribution in [1.82, 2.24) is 0 Å². The molecule has 0 bridgehead atoms. The summed E-state index contributed by atoms with van der Waals surface area (Å²) < 4.78 is 0. The van der Waals surface area contributed by atoms with Crippen LogP contribution in [0.2, 0.25) is 0 Å². The third-order valence-electron chi connectivity index (χ3n) is 1.06. The Labute approximate surface area is 54.2 Å². The highest BCUT2D eigenvalue weighted by atomic mass is 35.5. The first kappa shape index (κ1) is 5.64. The zero-order valence-corrected chi connectivity index (χ0v) is 5.28. The van der Waals surface area contributed by atoms with Crippen LogP contribution in [-0.4, -0.2) is 0 Å². The fraction of sp³-hybridized carbons (Fsp3) is 0.143. The van der Waals surface area contributed by atoms with E-state index in [-0.39, 0.29) is 0 Å². The topological polar surface area (TPSA) is 0 Å². The minimum atomic E-state index is 0.785. The molecule has 0 unspecified atom stereocenters. The molecular formula is C7H7Cl. The maximum atomic E-state index is 5.68. The Balaban J connectivity index is 2.78. The van der Waals surface area contributed by atoms with Gasteiger partial charge in [0.25, 0.3) is 0 Å². The first-order valence-corrected chi connectivity index (χ1v) is 2.90. The lowest BCUT2D eigenvalue weighted by atomic mass is 10.1. The van der Waals surface area contributed by atoms with Crippen LogP contribution in [0.1, 0.15) is 6.42 Å². The first-order chi connectivity index (χ1) is 3.80. The second kappa shape index (κ2) is 2.19. The zero-order chi connectivity index (χ0) is 5.98. The van der Waals surface area contributed by atoms with Crippen LogP contribution in [-0.2, 0) is 0 Å². The predicted octanol–water partition coefficient (Wildman–Crippen LogP) is 2.63. The molecule has 0 spiro atoms. The second-order valence-corrected chi connectivity index (χ2v) is 2.12. The third kappa shape index (κ3) is 1.01. The Morgan fingerprint density at radius 1 is 1.62 bits per heavy atom. The van der Waals surface area contributed by atoms with Gasteiger partial charge in [0.05, 0.1) is 0 Å². The lowest BCUT2D eigenvalue weighted by Crippen LogP contribution is -1.80. The van der Waals surface area contributed by atoms with E-state index in [1.807, 2.05) is 18.2 Å². The molecule has 0 saturated carbocycles. The molecule has 1 heteroatoms. The van der Waals surface area contributed by atoms with Crippen LogP contribution in [0, 0.1) is 0 Å². The summed E-state index contributed by atoms with van der Waals surface area (Å²) in [6.07, 6.45) is 6.86. The Kier molecular flexibility index (Phi) is 1.54. The monoisotopic (exact) mass is 126 g/mol. The molecule has 1 aliphatic rings. The van der Waals surface area contributed by atoms with E-state index in [1.165, 1.54) is 0 Å². The molecule has 0 atom stereocenters. The van der Waals surface area contributed by atoms with Gasteiger partial charge in [0.2, 0.25) is 0 Å². The van der Waals surface area contributed by atoms with Crippen molar-refractivity contribution in [3.63, 3.8) is 0 Å². The number of hydrogen-bond acceptors (Lipinski definition) is 0. The summed E-state index contributed by atoms with van der Waals surface area (Å²) in [7, 11) is 0. The van der Waals surface area contributed by atoms with E-state index in [2.05, 4.69) is 6.58 Å². The predicted molar refractivity (Wildman–Crippen MR) is 36.8 cm³/mol. The normalized spacial score (nSPS) is 18.6. The van der Waals surface area contributed by atoms with Gasteiger partial charge in [0, 0.05) is 5.03 Å². The maximum Gasteiger partial charge on any atom is 0.0435 e. The molecule has 1 aliphatic carbocycles. The minimum absolute atomic E-state index is 0.785. The number of halogens is 1. The van der Waals surface area contributed by atoms with Crippen LogP contribution in [0.25, 0.3) is 0 Å². The second-order valence-electron chi connectivity index (χ2n) is 1.72. The Hall–Kier alpha value is -0.490. The summed E-state index contributed by atoms with van der Waals surface area (Å²) in [6, 6.07) is 0. The number of hydrogen-bond donors (Lipinski definition) is 0. The van der Waals surface area contributed by atoms with E-state index in [4.69, 9.17) is 11.6 Å². The average molecular weight is 127 g/mol. The van der Waals surface area contributed by atoms with Crippen molar-refractivity contribution in [2.45, 2.75) is 6.42 Å². The smallest absolute Gasteiger partial charge is 0.0435 e. The SMILES string of the molecule is C=C1C=CCC=C1Cl.